The van der Waals surface area contributed by atoms with Crippen LogP contribution in [0, 0.1) is 5.92 Å². The van der Waals surface area contributed by atoms with Crippen LogP contribution in [-0.4, -0.2) is 40.7 Å². The van der Waals surface area contributed by atoms with Gasteiger partial charge in [-0.3, -0.25) is 14.4 Å². The summed E-state index contributed by atoms with van der Waals surface area (Å²) in [6.07, 6.45) is 0.282. The number of hydrogen-bond acceptors (Lipinski definition) is 6. The monoisotopic (exact) mass is 360 g/mol. The van der Waals surface area contributed by atoms with Gasteiger partial charge in [-0.05, 0) is 29.9 Å². The molecule has 2 aliphatic rings. The van der Waals surface area contributed by atoms with Crippen molar-refractivity contribution in [2.24, 2.45) is 11.0 Å². The maximum Gasteiger partial charge on any atom is 0.244 e. The van der Waals surface area contributed by atoms with Crippen LogP contribution in [0.4, 0.5) is 0 Å². The molecular formula is C16H16N4O4S. The van der Waals surface area contributed by atoms with Crippen molar-refractivity contribution in [3.8, 4) is 5.75 Å². The van der Waals surface area contributed by atoms with E-state index in [-0.39, 0.29) is 23.5 Å². The number of methoxy groups -OCH3 is 1. The SMILES string of the molecule is COc1ccc(C2CC(C3C(=O)NC(=S)NC3=O)=NN2C(C)=O)cc1. The number of rotatable bonds is 3. The third-order valence-corrected chi connectivity index (χ3v) is 4.29. The molecule has 2 heterocycles. The summed E-state index contributed by atoms with van der Waals surface area (Å²) < 4.78 is 5.13. The number of hydrazone groups is 1. The highest BCUT2D eigenvalue weighted by atomic mass is 32.1. The third kappa shape index (κ3) is 3.22. The van der Waals surface area contributed by atoms with Crippen LogP contribution in [0.5, 0.6) is 5.75 Å². The van der Waals surface area contributed by atoms with Crippen molar-refractivity contribution in [1.82, 2.24) is 15.6 Å². The number of thiocarbonyl (C=S) groups is 1. The van der Waals surface area contributed by atoms with Gasteiger partial charge in [-0.15, -0.1) is 0 Å². The van der Waals surface area contributed by atoms with Gasteiger partial charge in [-0.25, -0.2) is 5.01 Å². The van der Waals surface area contributed by atoms with Crippen LogP contribution in [0.1, 0.15) is 24.9 Å². The molecule has 130 valence electrons. The molecule has 8 nitrogen and oxygen atoms in total. The first-order valence-electron chi connectivity index (χ1n) is 7.57. The van der Waals surface area contributed by atoms with Crippen molar-refractivity contribution in [3.63, 3.8) is 0 Å². The number of carbonyl (C=O) groups is 3. The van der Waals surface area contributed by atoms with Gasteiger partial charge in [0.25, 0.3) is 0 Å². The molecule has 0 aromatic heterocycles. The first kappa shape index (κ1) is 17.0. The molecule has 3 rings (SSSR count). The molecule has 0 spiro atoms. The first-order chi connectivity index (χ1) is 11.9. The molecule has 0 saturated carbocycles. The molecule has 1 atom stereocenters. The molecule has 3 amide bonds. The summed E-state index contributed by atoms with van der Waals surface area (Å²) in [4.78, 5) is 36.3. The second-order valence-corrected chi connectivity index (χ2v) is 6.10. The van der Waals surface area contributed by atoms with E-state index in [1.165, 1.54) is 11.9 Å². The second-order valence-electron chi connectivity index (χ2n) is 5.69. The Bertz CT molecular complexity index is 770. The Morgan fingerprint density at radius 1 is 1.24 bits per heavy atom. The zero-order valence-corrected chi connectivity index (χ0v) is 14.4. The van der Waals surface area contributed by atoms with Crippen molar-refractivity contribution in [2.45, 2.75) is 19.4 Å². The Morgan fingerprint density at radius 3 is 2.36 bits per heavy atom. The summed E-state index contributed by atoms with van der Waals surface area (Å²) in [5.74, 6) is -1.76. The summed E-state index contributed by atoms with van der Waals surface area (Å²) in [5, 5.41) is 10.3. The molecular weight excluding hydrogens is 344 g/mol. The van der Waals surface area contributed by atoms with Gasteiger partial charge >= 0.3 is 0 Å². The molecule has 0 bridgehead atoms. The van der Waals surface area contributed by atoms with E-state index in [9.17, 15) is 14.4 Å². The molecule has 1 aromatic carbocycles. The van der Waals surface area contributed by atoms with E-state index in [4.69, 9.17) is 17.0 Å². The number of ether oxygens (including phenoxy) is 1. The van der Waals surface area contributed by atoms with Gasteiger partial charge in [0.2, 0.25) is 17.7 Å². The smallest absolute Gasteiger partial charge is 0.244 e. The van der Waals surface area contributed by atoms with Gasteiger partial charge in [0.05, 0.1) is 18.9 Å². The summed E-state index contributed by atoms with van der Waals surface area (Å²) in [6, 6.07) is 6.84. The van der Waals surface area contributed by atoms with Crippen molar-refractivity contribution >= 4 is 40.8 Å². The molecule has 9 heteroatoms. The molecule has 2 aliphatic heterocycles. The summed E-state index contributed by atoms with van der Waals surface area (Å²) in [7, 11) is 1.57. The highest BCUT2D eigenvalue weighted by Gasteiger charge is 2.42. The molecule has 25 heavy (non-hydrogen) atoms. The number of carbonyl (C=O) groups excluding carboxylic acids is 3. The maximum atomic E-state index is 12.1. The molecule has 1 saturated heterocycles. The van der Waals surface area contributed by atoms with Gasteiger partial charge in [0.15, 0.2) is 11.0 Å². The molecule has 1 unspecified atom stereocenters. The van der Waals surface area contributed by atoms with Crippen LogP contribution < -0.4 is 15.4 Å². The fourth-order valence-electron chi connectivity index (χ4n) is 2.91. The fourth-order valence-corrected chi connectivity index (χ4v) is 3.11. The van der Waals surface area contributed by atoms with Gasteiger partial charge in [-0.2, -0.15) is 5.10 Å². The Hall–Kier alpha value is -2.81. The molecule has 0 radical (unpaired) electrons. The quantitative estimate of drug-likeness (QED) is 0.604. The third-order valence-electron chi connectivity index (χ3n) is 4.09. The lowest BCUT2D eigenvalue weighted by molar-refractivity contribution is -0.133. The van der Waals surface area contributed by atoms with E-state index in [1.807, 2.05) is 12.1 Å². The maximum absolute atomic E-state index is 12.1. The highest BCUT2D eigenvalue weighted by Crippen LogP contribution is 2.34. The number of amides is 3. The van der Waals surface area contributed by atoms with Crippen LogP contribution in [-0.2, 0) is 14.4 Å². The van der Waals surface area contributed by atoms with Crippen LogP contribution in [0.3, 0.4) is 0 Å². The van der Waals surface area contributed by atoms with Crippen LogP contribution in [0.25, 0.3) is 0 Å². The van der Waals surface area contributed by atoms with Crippen LogP contribution >= 0.6 is 12.2 Å². The lowest BCUT2D eigenvalue weighted by Crippen LogP contribution is -2.57. The number of nitrogens with one attached hydrogen (secondary N) is 2. The summed E-state index contributed by atoms with van der Waals surface area (Å²) in [5.41, 5.74) is 1.16. The van der Waals surface area contributed by atoms with Crippen LogP contribution in [0.2, 0.25) is 0 Å². The Labute approximate surface area is 149 Å². The lowest BCUT2D eigenvalue weighted by atomic mass is 9.93. The van der Waals surface area contributed by atoms with Crippen molar-refractivity contribution < 1.29 is 19.1 Å². The number of hydrogen-bond donors (Lipinski definition) is 2. The van der Waals surface area contributed by atoms with Crippen molar-refractivity contribution in [2.75, 3.05) is 7.11 Å². The minimum Gasteiger partial charge on any atom is -0.497 e. The van der Waals surface area contributed by atoms with Gasteiger partial charge in [0, 0.05) is 13.3 Å². The second kappa shape index (κ2) is 6.60. The normalized spacial score (nSPS) is 20.9. The van der Waals surface area contributed by atoms with E-state index in [1.54, 1.807) is 19.2 Å². The van der Waals surface area contributed by atoms with Crippen molar-refractivity contribution in [1.29, 1.82) is 0 Å². The summed E-state index contributed by atoms with van der Waals surface area (Å²) >= 11 is 4.80. The average Bonchev–Trinajstić information content (AvgIpc) is 2.99. The van der Waals surface area contributed by atoms with Crippen LogP contribution in [0.15, 0.2) is 29.4 Å². The Morgan fingerprint density at radius 2 is 1.84 bits per heavy atom. The Balaban J connectivity index is 1.89. The summed E-state index contributed by atoms with van der Waals surface area (Å²) in [6.45, 7) is 1.39. The zero-order chi connectivity index (χ0) is 18.1. The minimum absolute atomic E-state index is 0.0278. The average molecular weight is 360 g/mol. The zero-order valence-electron chi connectivity index (χ0n) is 13.6. The van der Waals surface area contributed by atoms with Gasteiger partial charge in [-0.1, -0.05) is 12.1 Å². The fraction of sp³-hybridized carbons (Fsp3) is 0.312. The predicted molar refractivity (Wildman–Crippen MR) is 92.7 cm³/mol. The van der Waals surface area contributed by atoms with E-state index in [2.05, 4.69) is 15.7 Å². The van der Waals surface area contributed by atoms with Gasteiger partial charge in [0.1, 0.15) is 5.75 Å². The van der Waals surface area contributed by atoms with E-state index in [0.717, 1.165) is 5.56 Å². The number of benzene rings is 1. The first-order valence-corrected chi connectivity index (χ1v) is 7.98. The topological polar surface area (TPSA) is 100 Å². The van der Waals surface area contributed by atoms with E-state index in [0.29, 0.717) is 11.5 Å². The van der Waals surface area contributed by atoms with Gasteiger partial charge < -0.3 is 15.4 Å². The molecule has 1 fully saturated rings. The molecule has 0 aliphatic carbocycles. The number of nitrogens with zero attached hydrogens (tertiary/aromatic N) is 2. The lowest BCUT2D eigenvalue weighted by Gasteiger charge is -2.22. The van der Waals surface area contributed by atoms with Crippen molar-refractivity contribution in [3.05, 3.63) is 29.8 Å². The van der Waals surface area contributed by atoms with E-state index < -0.39 is 17.7 Å². The highest BCUT2D eigenvalue weighted by molar-refractivity contribution is 7.80. The minimum atomic E-state index is -1.10. The van der Waals surface area contributed by atoms with E-state index >= 15 is 0 Å². The molecule has 1 aromatic rings. The predicted octanol–water partition coefficient (Wildman–Crippen LogP) is 0.492. The largest absolute Gasteiger partial charge is 0.497 e. The standard InChI is InChI=1S/C16H16N4O4S/c1-8(21)20-12(9-3-5-10(24-2)6-4-9)7-11(19-20)13-14(22)17-16(25)18-15(13)23/h3-6,12-13H,7H2,1-2H3,(H2,17,18,22,23,25). The Kier molecular flexibility index (Phi) is 4.49. The molecule has 2 N–H and O–H groups in total.